The molecule has 0 unspecified atom stereocenters. The van der Waals surface area contributed by atoms with Crippen LogP contribution in [0, 0.1) is 5.92 Å². The molecule has 2 aromatic carbocycles. The Balaban J connectivity index is 1.96. The lowest BCUT2D eigenvalue weighted by Gasteiger charge is -2.11. The molecule has 0 aliphatic heterocycles. The summed E-state index contributed by atoms with van der Waals surface area (Å²) >= 11 is 0. The van der Waals surface area contributed by atoms with Crippen molar-refractivity contribution in [3.8, 4) is 0 Å². The van der Waals surface area contributed by atoms with Crippen molar-refractivity contribution >= 4 is 28.9 Å². The van der Waals surface area contributed by atoms with E-state index in [1.807, 2.05) is 62.0 Å². The third kappa shape index (κ3) is 4.49. The second-order valence-corrected chi connectivity index (χ2v) is 7.08. The zero-order valence-corrected chi connectivity index (χ0v) is 16.3. The Kier molecular flexibility index (Phi) is 5.94. The van der Waals surface area contributed by atoms with Crippen LogP contribution < -0.4 is 5.32 Å². The summed E-state index contributed by atoms with van der Waals surface area (Å²) < 4.78 is 7.35. The van der Waals surface area contributed by atoms with Gasteiger partial charge in [-0.25, -0.2) is 4.79 Å². The van der Waals surface area contributed by atoms with Gasteiger partial charge in [-0.2, -0.15) is 0 Å². The SMILES string of the molecule is CC(C)COC(=O)C(=Cc1cn(C)c2ccccc12)NC(=O)c1ccccc1. The monoisotopic (exact) mass is 376 g/mol. The topological polar surface area (TPSA) is 60.3 Å². The average Bonchev–Trinajstić information content (AvgIpc) is 3.02. The summed E-state index contributed by atoms with van der Waals surface area (Å²) in [4.78, 5) is 25.2. The number of rotatable bonds is 6. The van der Waals surface area contributed by atoms with E-state index in [4.69, 9.17) is 4.74 Å². The molecule has 0 saturated carbocycles. The maximum atomic E-state index is 12.6. The molecule has 0 fully saturated rings. The van der Waals surface area contributed by atoms with E-state index in [9.17, 15) is 9.59 Å². The summed E-state index contributed by atoms with van der Waals surface area (Å²) in [5.41, 5.74) is 2.47. The Bertz CT molecular complexity index is 1020. The molecule has 0 bridgehead atoms. The molecule has 1 N–H and O–H groups in total. The number of benzene rings is 2. The Morgan fingerprint density at radius 3 is 2.46 bits per heavy atom. The van der Waals surface area contributed by atoms with Gasteiger partial charge in [0.25, 0.3) is 5.91 Å². The van der Waals surface area contributed by atoms with Gasteiger partial charge in [-0.1, -0.05) is 50.2 Å². The molecule has 1 aromatic heterocycles. The van der Waals surface area contributed by atoms with Crippen molar-refractivity contribution in [2.45, 2.75) is 13.8 Å². The van der Waals surface area contributed by atoms with E-state index in [1.165, 1.54) is 0 Å². The van der Waals surface area contributed by atoms with Crippen LogP contribution in [-0.4, -0.2) is 23.1 Å². The third-order valence-electron chi connectivity index (χ3n) is 4.28. The van der Waals surface area contributed by atoms with Crippen molar-refractivity contribution in [1.29, 1.82) is 0 Å². The first-order valence-corrected chi connectivity index (χ1v) is 9.25. The van der Waals surface area contributed by atoms with Crippen LogP contribution in [-0.2, 0) is 16.6 Å². The molecule has 1 amide bonds. The van der Waals surface area contributed by atoms with Crippen molar-refractivity contribution in [1.82, 2.24) is 9.88 Å². The van der Waals surface area contributed by atoms with Gasteiger partial charge in [0.2, 0.25) is 0 Å². The van der Waals surface area contributed by atoms with Gasteiger partial charge in [0.15, 0.2) is 0 Å². The highest BCUT2D eigenvalue weighted by Gasteiger charge is 2.17. The molecule has 0 aliphatic rings. The average molecular weight is 376 g/mol. The minimum atomic E-state index is -0.550. The molecule has 3 aromatic rings. The van der Waals surface area contributed by atoms with Gasteiger partial charge in [-0.3, -0.25) is 4.79 Å². The Hall–Kier alpha value is -3.34. The van der Waals surface area contributed by atoms with E-state index >= 15 is 0 Å². The fraction of sp³-hybridized carbons (Fsp3) is 0.217. The van der Waals surface area contributed by atoms with Crippen molar-refractivity contribution in [2.75, 3.05) is 6.61 Å². The number of hydrogen-bond donors (Lipinski definition) is 1. The van der Waals surface area contributed by atoms with E-state index in [1.54, 1.807) is 30.3 Å². The number of carbonyl (C=O) groups excluding carboxylic acids is 2. The van der Waals surface area contributed by atoms with Crippen LogP contribution in [0.15, 0.2) is 66.5 Å². The molecule has 5 nitrogen and oxygen atoms in total. The smallest absolute Gasteiger partial charge is 0.354 e. The predicted molar refractivity (Wildman–Crippen MR) is 111 cm³/mol. The number of hydrogen-bond acceptors (Lipinski definition) is 3. The van der Waals surface area contributed by atoms with Gasteiger partial charge in [0.05, 0.1) is 6.61 Å². The van der Waals surface area contributed by atoms with Gasteiger partial charge >= 0.3 is 5.97 Å². The number of ether oxygens (including phenoxy) is 1. The molecular formula is C23H24N2O3. The number of fused-ring (bicyclic) bond motifs is 1. The van der Waals surface area contributed by atoms with E-state index in [2.05, 4.69) is 5.32 Å². The summed E-state index contributed by atoms with van der Waals surface area (Å²) in [5, 5.41) is 3.71. The normalized spacial score (nSPS) is 11.6. The Labute approximate surface area is 164 Å². The number of amides is 1. The number of nitrogens with one attached hydrogen (secondary N) is 1. The molecule has 0 spiro atoms. The lowest BCUT2D eigenvalue weighted by Crippen LogP contribution is -2.29. The van der Waals surface area contributed by atoms with Gasteiger partial charge in [-0.05, 0) is 30.2 Å². The standard InChI is InChI=1S/C23H24N2O3/c1-16(2)15-28-23(27)20(24-22(26)17-9-5-4-6-10-17)13-18-14-25(3)21-12-8-7-11-19(18)21/h4-14,16H,15H2,1-3H3,(H,24,26). The second kappa shape index (κ2) is 8.57. The van der Waals surface area contributed by atoms with Gasteiger partial charge in [0.1, 0.15) is 5.70 Å². The number of nitrogens with zero attached hydrogens (tertiary/aromatic N) is 1. The van der Waals surface area contributed by atoms with Crippen molar-refractivity contribution < 1.29 is 14.3 Å². The molecule has 0 radical (unpaired) electrons. The minimum absolute atomic E-state index is 0.117. The largest absolute Gasteiger partial charge is 0.461 e. The summed E-state index contributed by atoms with van der Waals surface area (Å²) in [6.07, 6.45) is 3.60. The second-order valence-electron chi connectivity index (χ2n) is 7.08. The first-order chi connectivity index (χ1) is 13.5. The van der Waals surface area contributed by atoms with Crippen molar-refractivity contribution in [3.05, 3.63) is 77.6 Å². The number of carbonyl (C=O) groups is 2. The van der Waals surface area contributed by atoms with Crippen LogP contribution in [0.5, 0.6) is 0 Å². The minimum Gasteiger partial charge on any atom is -0.461 e. The molecule has 28 heavy (non-hydrogen) atoms. The highest BCUT2D eigenvalue weighted by molar-refractivity contribution is 6.04. The molecule has 144 valence electrons. The number of esters is 1. The molecule has 0 aliphatic carbocycles. The molecule has 3 rings (SSSR count). The van der Waals surface area contributed by atoms with Crippen LogP contribution in [0.2, 0.25) is 0 Å². The lowest BCUT2D eigenvalue weighted by molar-refractivity contribution is -0.140. The van der Waals surface area contributed by atoms with E-state index in [-0.39, 0.29) is 24.1 Å². The highest BCUT2D eigenvalue weighted by atomic mass is 16.5. The summed E-state index contributed by atoms with van der Waals surface area (Å²) in [6.45, 7) is 4.21. The van der Waals surface area contributed by atoms with Crippen molar-refractivity contribution in [3.63, 3.8) is 0 Å². The van der Waals surface area contributed by atoms with Gasteiger partial charge in [-0.15, -0.1) is 0 Å². The number of aryl methyl sites for hydroxylation is 1. The van der Waals surface area contributed by atoms with Crippen LogP contribution in [0.4, 0.5) is 0 Å². The summed E-state index contributed by atoms with van der Waals surface area (Å²) in [5.74, 6) is -0.702. The van der Waals surface area contributed by atoms with Crippen LogP contribution in [0.25, 0.3) is 17.0 Å². The molecule has 0 atom stereocenters. The van der Waals surface area contributed by atoms with Gasteiger partial charge in [0, 0.05) is 35.3 Å². The quantitative estimate of drug-likeness (QED) is 0.519. The van der Waals surface area contributed by atoms with Crippen LogP contribution in [0.3, 0.4) is 0 Å². The molecule has 1 heterocycles. The van der Waals surface area contributed by atoms with Gasteiger partial charge < -0.3 is 14.6 Å². The lowest BCUT2D eigenvalue weighted by atomic mass is 10.1. The molecule has 0 saturated heterocycles. The third-order valence-corrected chi connectivity index (χ3v) is 4.28. The predicted octanol–water partition coefficient (Wildman–Crippen LogP) is 4.15. The fourth-order valence-corrected chi connectivity index (χ4v) is 2.89. The highest BCUT2D eigenvalue weighted by Crippen LogP contribution is 2.22. The number of aromatic nitrogens is 1. The van der Waals surface area contributed by atoms with Crippen LogP contribution >= 0.6 is 0 Å². The van der Waals surface area contributed by atoms with Crippen LogP contribution in [0.1, 0.15) is 29.8 Å². The Morgan fingerprint density at radius 1 is 1.07 bits per heavy atom. The van der Waals surface area contributed by atoms with E-state index in [0.717, 1.165) is 16.5 Å². The summed E-state index contributed by atoms with van der Waals surface area (Å²) in [7, 11) is 1.94. The number of para-hydroxylation sites is 1. The zero-order chi connectivity index (χ0) is 20.1. The van der Waals surface area contributed by atoms with E-state index in [0.29, 0.717) is 5.56 Å². The van der Waals surface area contributed by atoms with Crippen molar-refractivity contribution in [2.24, 2.45) is 13.0 Å². The zero-order valence-electron chi connectivity index (χ0n) is 16.3. The maximum Gasteiger partial charge on any atom is 0.354 e. The Morgan fingerprint density at radius 2 is 1.75 bits per heavy atom. The molecule has 5 heteroatoms. The first kappa shape index (κ1) is 19.4. The molecular weight excluding hydrogens is 352 g/mol. The first-order valence-electron chi connectivity index (χ1n) is 9.25. The summed E-state index contributed by atoms with van der Waals surface area (Å²) in [6, 6.07) is 16.7. The fourth-order valence-electron chi connectivity index (χ4n) is 2.89. The van der Waals surface area contributed by atoms with E-state index < -0.39 is 5.97 Å². The maximum absolute atomic E-state index is 12.6.